The Balaban J connectivity index is 1.50. The summed E-state index contributed by atoms with van der Waals surface area (Å²) >= 11 is 1.16. The molecule has 1 fully saturated rings. The molecule has 1 saturated heterocycles. The third kappa shape index (κ3) is 3.11. The fourth-order valence-electron chi connectivity index (χ4n) is 4.06. The minimum absolute atomic E-state index is 0.385. The van der Waals surface area contributed by atoms with Crippen LogP contribution in [0.25, 0.3) is 22.3 Å². The summed E-state index contributed by atoms with van der Waals surface area (Å²) in [6.45, 7) is 1.72. The van der Waals surface area contributed by atoms with Gasteiger partial charge in [0.1, 0.15) is 23.7 Å². The van der Waals surface area contributed by atoms with Crippen LogP contribution in [-0.2, 0) is 7.05 Å². The first-order valence-electron chi connectivity index (χ1n) is 9.45. The molecular weight excluding hydrogens is 384 g/mol. The highest BCUT2D eigenvalue weighted by molar-refractivity contribution is 7.00. The first-order chi connectivity index (χ1) is 14.2. The molecule has 3 aromatic heterocycles. The van der Waals surface area contributed by atoms with Crippen LogP contribution < -0.4 is 4.90 Å². The second-order valence-electron chi connectivity index (χ2n) is 7.21. The Bertz CT molecular complexity index is 1210. The minimum Gasteiger partial charge on any atom is -0.370 e. The first-order valence-corrected chi connectivity index (χ1v) is 10.2. The van der Waals surface area contributed by atoms with Crippen LogP contribution in [0.2, 0.25) is 0 Å². The van der Waals surface area contributed by atoms with Crippen LogP contribution in [-0.4, -0.2) is 41.6 Å². The lowest BCUT2D eigenvalue weighted by atomic mass is 9.93. The Morgan fingerprint density at radius 2 is 2.07 bits per heavy atom. The van der Waals surface area contributed by atoms with E-state index in [1.807, 2.05) is 42.1 Å². The van der Waals surface area contributed by atoms with Gasteiger partial charge in [0.2, 0.25) is 0 Å². The highest BCUT2D eigenvalue weighted by Gasteiger charge is 2.27. The van der Waals surface area contributed by atoms with E-state index in [4.69, 9.17) is 0 Å². The Labute approximate surface area is 171 Å². The maximum Gasteiger partial charge on any atom is 0.193 e. The summed E-state index contributed by atoms with van der Waals surface area (Å²) in [5.74, 6) is 1.42. The molecular formula is C20H18N8S. The first kappa shape index (κ1) is 17.7. The molecule has 0 atom stereocenters. The molecule has 0 aliphatic carbocycles. The molecule has 1 aliphatic heterocycles. The van der Waals surface area contributed by atoms with Gasteiger partial charge in [-0.3, -0.25) is 0 Å². The highest BCUT2D eigenvalue weighted by atomic mass is 32.1. The van der Waals surface area contributed by atoms with Crippen LogP contribution in [0.1, 0.15) is 30.1 Å². The molecule has 5 rings (SSSR count). The predicted octanol–water partition coefficient (Wildman–Crippen LogP) is 3.14. The third-order valence-electron chi connectivity index (χ3n) is 5.50. The van der Waals surface area contributed by atoms with Gasteiger partial charge in [0, 0.05) is 43.4 Å². The van der Waals surface area contributed by atoms with E-state index >= 15 is 0 Å². The van der Waals surface area contributed by atoms with E-state index in [2.05, 4.69) is 34.9 Å². The molecule has 29 heavy (non-hydrogen) atoms. The van der Waals surface area contributed by atoms with Crippen LogP contribution in [0.5, 0.6) is 0 Å². The average molecular weight is 402 g/mol. The number of hydrogen-bond acceptors (Lipinski definition) is 8. The molecule has 8 nitrogen and oxygen atoms in total. The van der Waals surface area contributed by atoms with Crippen LogP contribution in [0.3, 0.4) is 0 Å². The summed E-state index contributed by atoms with van der Waals surface area (Å²) in [6.07, 6.45) is 5.51. The van der Waals surface area contributed by atoms with Gasteiger partial charge >= 0.3 is 0 Å². The van der Waals surface area contributed by atoms with Gasteiger partial charge in [-0.2, -0.15) is 14.0 Å². The number of pyridine rings is 1. The molecule has 0 unspecified atom stereocenters. The number of aryl methyl sites for hydroxylation is 1. The molecule has 144 valence electrons. The van der Waals surface area contributed by atoms with E-state index in [1.54, 1.807) is 6.33 Å². The quantitative estimate of drug-likeness (QED) is 0.519. The Hall–Kier alpha value is -3.38. The van der Waals surface area contributed by atoms with Crippen molar-refractivity contribution < 1.29 is 0 Å². The fraction of sp³-hybridized carbons (Fsp3) is 0.300. The number of para-hydroxylation sites is 1. The molecule has 0 radical (unpaired) electrons. The lowest BCUT2D eigenvalue weighted by Gasteiger charge is -2.35. The highest BCUT2D eigenvalue weighted by Crippen LogP contribution is 2.38. The maximum atomic E-state index is 9.76. The van der Waals surface area contributed by atoms with E-state index in [0.717, 1.165) is 65.8 Å². The van der Waals surface area contributed by atoms with Gasteiger partial charge in [0.05, 0.1) is 23.0 Å². The maximum absolute atomic E-state index is 9.76. The van der Waals surface area contributed by atoms with Crippen LogP contribution in [0, 0.1) is 11.3 Å². The Morgan fingerprint density at radius 1 is 1.21 bits per heavy atom. The summed E-state index contributed by atoms with van der Waals surface area (Å²) in [5.41, 5.74) is 5.03. The SMILES string of the molecule is Cn1cnnc1C1CCN(c2c(C#N)cccc2-c2cnc3nsnc3c2)CC1. The van der Waals surface area contributed by atoms with Gasteiger partial charge in [-0.05, 0) is 25.0 Å². The van der Waals surface area contributed by atoms with Crippen molar-refractivity contribution in [2.24, 2.45) is 7.05 Å². The van der Waals surface area contributed by atoms with Crippen LogP contribution in [0.4, 0.5) is 5.69 Å². The largest absolute Gasteiger partial charge is 0.370 e. The van der Waals surface area contributed by atoms with Crippen molar-refractivity contribution in [1.82, 2.24) is 28.5 Å². The van der Waals surface area contributed by atoms with Gasteiger partial charge < -0.3 is 9.47 Å². The smallest absolute Gasteiger partial charge is 0.193 e. The summed E-state index contributed by atoms with van der Waals surface area (Å²) in [4.78, 5) is 6.74. The lowest BCUT2D eigenvalue weighted by molar-refractivity contribution is 0.474. The molecule has 9 heteroatoms. The van der Waals surface area contributed by atoms with Crippen molar-refractivity contribution in [2.45, 2.75) is 18.8 Å². The Kier molecular flexibility index (Phi) is 4.41. The Morgan fingerprint density at radius 3 is 2.83 bits per heavy atom. The summed E-state index contributed by atoms with van der Waals surface area (Å²) in [6, 6.07) is 10.2. The van der Waals surface area contributed by atoms with Crippen molar-refractivity contribution in [3.63, 3.8) is 0 Å². The van der Waals surface area contributed by atoms with E-state index in [-0.39, 0.29) is 0 Å². The van der Waals surface area contributed by atoms with E-state index < -0.39 is 0 Å². The van der Waals surface area contributed by atoms with E-state index in [9.17, 15) is 5.26 Å². The minimum atomic E-state index is 0.385. The number of benzene rings is 1. The molecule has 4 aromatic rings. The summed E-state index contributed by atoms with van der Waals surface area (Å²) in [5, 5.41) is 18.1. The number of fused-ring (bicyclic) bond motifs is 1. The van der Waals surface area contributed by atoms with Gasteiger partial charge in [-0.1, -0.05) is 12.1 Å². The molecule has 0 spiro atoms. The van der Waals surface area contributed by atoms with Gasteiger partial charge in [0.25, 0.3) is 0 Å². The van der Waals surface area contributed by atoms with Crippen molar-refractivity contribution in [3.05, 3.63) is 48.2 Å². The predicted molar refractivity (Wildman–Crippen MR) is 111 cm³/mol. The van der Waals surface area contributed by atoms with Crippen LogP contribution in [0.15, 0.2) is 36.8 Å². The molecule has 0 saturated carbocycles. The van der Waals surface area contributed by atoms with Crippen LogP contribution >= 0.6 is 11.7 Å². The molecule has 0 bridgehead atoms. The molecule has 0 amide bonds. The number of aromatic nitrogens is 6. The lowest BCUT2D eigenvalue weighted by Crippen LogP contribution is -2.34. The number of anilines is 1. The zero-order valence-electron chi connectivity index (χ0n) is 15.9. The number of nitrogens with zero attached hydrogens (tertiary/aromatic N) is 8. The van der Waals surface area contributed by atoms with Gasteiger partial charge in [-0.15, -0.1) is 10.2 Å². The molecule has 1 aliphatic rings. The standard InChI is InChI=1S/C20H18N8S/c1-27-12-23-24-20(27)13-5-7-28(8-6-13)18-14(10-21)3-2-4-16(18)15-9-17-19(22-11-15)26-29-25-17/h2-4,9,11-13H,5-8H2,1H3. The zero-order chi connectivity index (χ0) is 19.8. The number of nitriles is 1. The van der Waals surface area contributed by atoms with E-state index in [0.29, 0.717) is 17.1 Å². The van der Waals surface area contributed by atoms with Crippen molar-refractivity contribution in [3.8, 4) is 17.2 Å². The summed E-state index contributed by atoms with van der Waals surface area (Å²) < 4.78 is 10.5. The monoisotopic (exact) mass is 402 g/mol. The molecule has 4 heterocycles. The average Bonchev–Trinajstić information content (AvgIpc) is 3.41. The van der Waals surface area contributed by atoms with Gasteiger partial charge in [-0.25, -0.2) is 4.98 Å². The molecule has 0 N–H and O–H groups in total. The number of piperidine rings is 1. The summed E-state index contributed by atoms with van der Waals surface area (Å²) in [7, 11) is 1.99. The molecule has 1 aromatic carbocycles. The third-order valence-corrected chi connectivity index (χ3v) is 6.04. The van der Waals surface area contributed by atoms with Gasteiger partial charge in [0.15, 0.2) is 5.65 Å². The van der Waals surface area contributed by atoms with Crippen molar-refractivity contribution in [1.29, 1.82) is 5.26 Å². The van der Waals surface area contributed by atoms with Crippen molar-refractivity contribution >= 4 is 28.6 Å². The van der Waals surface area contributed by atoms with E-state index in [1.165, 1.54) is 0 Å². The second-order valence-corrected chi connectivity index (χ2v) is 7.73. The number of hydrogen-bond donors (Lipinski definition) is 0. The number of rotatable bonds is 3. The topological polar surface area (TPSA) is 96.4 Å². The zero-order valence-corrected chi connectivity index (χ0v) is 16.7. The normalized spacial score (nSPS) is 15.0. The second kappa shape index (κ2) is 7.22. The van der Waals surface area contributed by atoms with Crippen molar-refractivity contribution in [2.75, 3.05) is 18.0 Å². The fourth-order valence-corrected chi connectivity index (χ4v) is 4.55.